The van der Waals surface area contributed by atoms with Gasteiger partial charge in [-0.1, -0.05) is 17.3 Å². The highest BCUT2D eigenvalue weighted by molar-refractivity contribution is 7.89. The SMILES string of the molecule is N#Cc1cccc(-c2noc(CO)c2-c2cc(F)c(S(N)(=O)=O)cc2F)c1. The van der Waals surface area contributed by atoms with Crippen molar-refractivity contribution in [3.8, 4) is 28.5 Å². The normalized spacial score (nSPS) is 11.4. The molecule has 3 N–H and O–H groups in total. The summed E-state index contributed by atoms with van der Waals surface area (Å²) in [5, 5.41) is 27.1. The molecule has 10 heteroatoms. The third kappa shape index (κ3) is 3.43. The Kier molecular flexibility index (Phi) is 4.75. The second-order valence-corrected chi connectivity index (χ2v) is 7.02. The quantitative estimate of drug-likeness (QED) is 0.702. The highest BCUT2D eigenvalue weighted by Crippen LogP contribution is 2.37. The van der Waals surface area contributed by atoms with Crippen molar-refractivity contribution in [3.05, 3.63) is 59.4 Å². The van der Waals surface area contributed by atoms with Crippen LogP contribution in [0.2, 0.25) is 0 Å². The summed E-state index contributed by atoms with van der Waals surface area (Å²) in [6.45, 7) is -0.668. The fraction of sp³-hybridized carbons (Fsp3) is 0.0588. The molecule has 1 aromatic heterocycles. The van der Waals surface area contributed by atoms with Crippen molar-refractivity contribution in [1.29, 1.82) is 5.26 Å². The van der Waals surface area contributed by atoms with Crippen LogP contribution in [0.5, 0.6) is 0 Å². The lowest BCUT2D eigenvalue weighted by Crippen LogP contribution is -2.14. The third-order valence-corrected chi connectivity index (χ3v) is 4.69. The first kappa shape index (κ1) is 18.7. The van der Waals surface area contributed by atoms with E-state index in [2.05, 4.69) is 5.16 Å². The molecule has 27 heavy (non-hydrogen) atoms. The fourth-order valence-electron chi connectivity index (χ4n) is 2.58. The molecule has 0 atom stereocenters. The molecule has 0 unspecified atom stereocenters. The number of hydrogen-bond acceptors (Lipinski definition) is 6. The van der Waals surface area contributed by atoms with Gasteiger partial charge < -0.3 is 9.63 Å². The van der Waals surface area contributed by atoms with Crippen LogP contribution in [-0.4, -0.2) is 18.7 Å². The van der Waals surface area contributed by atoms with Gasteiger partial charge in [-0.2, -0.15) is 5.26 Å². The van der Waals surface area contributed by atoms with Crippen LogP contribution in [0.25, 0.3) is 22.4 Å². The van der Waals surface area contributed by atoms with Crippen LogP contribution in [0, 0.1) is 23.0 Å². The Morgan fingerprint density at radius 1 is 1.22 bits per heavy atom. The maximum Gasteiger partial charge on any atom is 0.241 e. The predicted octanol–water partition coefficient (Wildman–Crippen LogP) is 2.30. The molecule has 1 heterocycles. The molecule has 0 fully saturated rings. The minimum atomic E-state index is -4.47. The zero-order valence-electron chi connectivity index (χ0n) is 13.5. The van der Waals surface area contributed by atoms with Crippen LogP contribution in [-0.2, 0) is 16.6 Å². The Labute approximate surface area is 152 Å². The molecule has 2 aromatic carbocycles. The van der Waals surface area contributed by atoms with Crippen LogP contribution < -0.4 is 5.14 Å². The molecule has 0 saturated heterocycles. The summed E-state index contributed by atoms with van der Waals surface area (Å²) in [6, 6.07) is 9.14. The summed E-state index contributed by atoms with van der Waals surface area (Å²) >= 11 is 0. The summed E-state index contributed by atoms with van der Waals surface area (Å²) in [7, 11) is -4.47. The molecule has 0 aliphatic heterocycles. The van der Waals surface area contributed by atoms with Crippen molar-refractivity contribution in [2.45, 2.75) is 11.5 Å². The van der Waals surface area contributed by atoms with E-state index in [0.29, 0.717) is 23.3 Å². The van der Waals surface area contributed by atoms with Crippen molar-refractivity contribution in [1.82, 2.24) is 5.16 Å². The maximum absolute atomic E-state index is 14.6. The Balaban J connectivity index is 2.28. The molecular formula is C17H11F2N3O4S. The first-order chi connectivity index (χ1) is 12.8. The van der Waals surface area contributed by atoms with Crippen LogP contribution >= 0.6 is 0 Å². The van der Waals surface area contributed by atoms with Gasteiger partial charge in [0, 0.05) is 11.1 Å². The van der Waals surface area contributed by atoms with Crippen molar-refractivity contribution in [2.24, 2.45) is 5.14 Å². The monoisotopic (exact) mass is 391 g/mol. The van der Waals surface area contributed by atoms with Crippen molar-refractivity contribution in [3.63, 3.8) is 0 Å². The number of nitrogens with two attached hydrogens (primary N) is 1. The molecule has 3 aromatic rings. The van der Waals surface area contributed by atoms with Crippen LogP contribution in [0.15, 0.2) is 45.8 Å². The standard InChI is InChI=1S/C17H11F2N3O4S/c18-12-6-15(27(21,24)25)13(19)5-11(12)16-14(8-23)26-22-17(16)10-3-1-2-9(4-10)7-20/h1-6,23H,8H2,(H2,21,24,25). The van der Waals surface area contributed by atoms with Gasteiger partial charge in [-0.15, -0.1) is 0 Å². The first-order valence-corrected chi connectivity index (χ1v) is 8.93. The van der Waals surface area contributed by atoms with E-state index in [0.717, 1.165) is 0 Å². The van der Waals surface area contributed by atoms with E-state index < -0.39 is 33.2 Å². The van der Waals surface area contributed by atoms with E-state index in [-0.39, 0.29) is 22.6 Å². The summed E-state index contributed by atoms with van der Waals surface area (Å²) < 4.78 is 56.5. The second-order valence-electron chi connectivity index (χ2n) is 5.49. The van der Waals surface area contributed by atoms with Crippen LogP contribution in [0.3, 0.4) is 0 Å². The van der Waals surface area contributed by atoms with Gasteiger partial charge in [0.05, 0.1) is 17.2 Å². The average molecular weight is 391 g/mol. The van der Waals surface area contributed by atoms with E-state index >= 15 is 0 Å². The number of rotatable bonds is 4. The van der Waals surface area contributed by atoms with Gasteiger partial charge >= 0.3 is 0 Å². The van der Waals surface area contributed by atoms with E-state index in [4.69, 9.17) is 14.9 Å². The number of nitrogens with zero attached hydrogens (tertiary/aromatic N) is 2. The van der Waals surface area contributed by atoms with Gasteiger partial charge in [-0.05, 0) is 24.3 Å². The first-order valence-electron chi connectivity index (χ1n) is 7.38. The fourth-order valence-corrected chi connectivity index (χ4v) is 3.18. The van der Waals surface area contributed by atoms with Crippen molar-refractivity contribution < 1.29 is 26.8 Å². The number of halogens is 2. The zero-order valence-corrected chi connectivity index (χ0v) is 14.3. The van der Waals surface area contributed by atoms with Gasteiger partial charge in [0.1, 0.15) is 28.8 Å². The minimum absolute atomic E-state index is 0.0535. The molecular weight excluding hydrogens is 380 g/mol. The Bertz CT molecular complexity index is 1180. The average Bonchev–Trinajstić information content (AvgIpc) is 3.06. The number of nitriles is 1. The molecule has 0 radical (unpaired) electrons. The molecule has 0 aliphatic carbocycles. The molecule has 3 rings (SSSR count). The van der Waals surface area contributed by atoms with Gasteiger partial charge in [0.2, 0.25) is 10.0 Å². The lowest BCUT2D eigenvalue weighted by molar-refractivity contribution is 0.230. The molecule has 0 aliphatic rings. The number of benzene rings is 2. The van der Waals surface area contributed by atoms with Crippen molar-refractivity contribution in [2.75, 3.05) is 0 Å². The topological polar surface area (TPSA) is 130 Å². The zero-order chi connectivity index (χ0) is 19.8. The summed E-state index contributed by atoms with van der Waals surface area (Å²) in [4.78, 5) is -1.00. The lowest BCUT2D eigenvalue weighted by atomic mass is 9.98. The van der Waals surface area contributed by atoms with Gasteiger partial charge in [0.25, 0.3) is 0 Å². The highest BCUT2D eigenvalue weighted by atomic mass is 32.2. The summed E-state index contributed by atoms with van der Waals surface area (Å²) in [5.74, 6) is -2.53. The van der Waals surface area contributed by atoms with Crippen molar-refractivity contribution >= 4 is 10.0 Å². The highest BCUT2D eigenvalue weighted by Gasteiger charge is 2.25. The van der Waals surface area contributed by atoms with E-state index in [1.54, 1.807) is 12.1 Å². The molecule has 0 bridgehead atoms. The predicted molar refractivity (Wildman–Crippen MR) is 89.3 cm³/mol. The Hall–Kier alpha value is -3.13. The molecule has 0 spiro atoms. The second kappa shape index (κ2) is 6.88. The molecule has 0 saturated carbocycles. The molecule has 7 nitrogen and oxygen atoms in total. The number of sulfonamides is 1. The molecule has 0 amide bonds. The van der Waals surface area contributed by atoms with E-state index in [1.807, 2.05) is 6.07 Å². The van der Waals surface area contributed by atoms with E-state index in [9.17, 15) is 22.3 Å². The maximum atomic E-state index is 14.6. The van der Waals surface area contributed by atoms with Crippen LogP contribution in [0.1, 0.15) is 11.3 Å². The number of primary sulfonamides is 1. The smallest absolute Gasteiger partial charge is 0.241 e. The Morgan fingerprint density at radius 2 is 1.96 bits per heavy atom. The summed E-state index contributed by atoms with van der Waals surface area (Å²) in [5.41, 5.74) is 0.274. The lowest BCUT2D eigenvalue weighted by Gasteiger charge is -2.08. The van der Waals surface area contributed by atoms with E-state index in [1.165, 1.54) is 12.1 Å². The third-order valence-electron chi connectivity index (χ3n) is 3.77. The number of hydrogen-bond donors (Lipinski definition) is 2. The largest absolute Gasteiger partial charge is 0.388 e. The van der Waals surface area contributed by atoms with Gasteiger partial charge in [-0.3, -0.25) is 0 Å². The number of aliphatic hydroxyl groups excluding tert-OH is 1. The number of aromatic nitrogens is 1. The van der Waals surface area contributed by atoms with Gasteiger partial charge in [-0.25, -0.2) is 22.3 Å². The van der Waals surface area contributed by atoms with Gasteiger partial charge in [0.15, 0.2) is 5.76 Å². The molecule has 138 valence electrons. The Morgan fingerprint density at radius 3 is 2.59 bits per heavy atom. The van der Waals surface area contributed by atoms with Crippen LogP contribution in [0.4, 0.5) is 8.78 Å². The summed E-state index contributed by atoms with van der Waals surface area (Å²) in [6.07, 6.45) is 0. The minimum Gasteiger partial charge on any atom is -0.388 e. The number of aliphatic hydroxyl groups is 1.